The maximum Gasteiger partial charge on any atom is 0.243 e. The predicted octanol–water partition coefficient (Wildman–Crippen LogP) is 5.44. The minimum absolute atomic E-state index is 0.0487. The molecule has 0 bridgehead atoms. The lowest BCUT2D eigenvalue weighted by molar-refractivity contribution is -0.141. The van der Waals surface area contributed by atoms with Gasteiger partial charge < -0.3 is 10.2 Å². The van der Waals surface area contributed by atoms with E-state index in [-0.39, 0.29) is 37.4 Å². The Balaban J connectivity index is 1.88. The first kappa shape index (κ1) is 31.2. The second-order valence-electron chi connectivity index (χ2n) is 9.95. The first-order valence-electron chi connectivity index (χ1n) is 13.5. The minimum atomic E-state index is -3.54. The molecule has 2 atom stereocenters. The molecular weight excluding hydrogens is 546 g/mol. The number of nitrogens with zero attached hydrogens (tertiary/aromatic N) is 2. The molecule has 7 nitrogen and oxygen atoms in total. The summed E-state index contributed by atoms with van der Waals surface area (Å²) in [5.74, 6) is -0.445. The van der Waals surface area contributed by atoms with Crippen LogP contribution in [-0.2, 0) is 32.6 Å². The molecule has 0 radical (unpaired) electrons. The Morgan fingerprint density at radius 3 is 2.08 bits per heavy atom. The highest BCUT2D eigenvalue weighted by Crippen LogP contribution is 2.20. The van der Waals surface area contributed by atoms with Gasteiger partial charge in [-0.3, -0.25) is 13.9 Å². The van der Waals surface area contributed by atoms with Crippen molar-refractivity contribution in [3.05, 3.63) is 101 Å². The maximum absolute atomic E-state index is 13.8. The normalized spacial score (nSPS) is 12.8. The molecule has 0 unspecified atom stereocenters. The molecule has 214 valence electrons. The fourth-order valence-corrected chi connectivity index (χ4v) is 5.47. The summed E-state index contributed by atoms with van der Waals surface area (Å²) < 4.78 is 26.3. The summed E-state index contributed by atoms with van der Waals surface area (Å²) in [7, 11) is -3.54. The van der Waals surface area contributed by atoms with Crippen LogP contribution in [0.4, 0.5) is 5.69 Å². The van der Waals surface area contributed by atoms with E-state index in [9.17, 15) is 18.0 Å². The molecule has 0 aliphatic heterocycles. The Hall–Kier alpha value is -3.36. The second kappa shape index (κ2) is 14.9. The van der Waals surface area contributed by atoms with Crippen molar-refractivity contribution in [3.63, 3.8) is 0 Å². The van der Waals surface area contributed by atoms with E-state index in [2.05, 4.69) is 5.32 Å². The zero-order chi connectivity index (χ0) is 29.1. The van der Waals surface area contributed by atoms with Gasteiger partial charge in [0.1, 0.15) is 6.04 Å². The van der Waals surface area contributed by atoms with Crippen molar-refractivity contribution < 1.29 is 18.0 Å². The van der Waals surface area contributed by atoms with E-state index in [0.29, 0.717) is 23.6 Å². The quantitative estimate of drug-likeness (QED) is 0.274. The fraction of sp³-hybridized carbons (Fsp3) is 0.355. The summed E-state index contributed by atoms with van der Waals surface area (Å²) in [6.07, 6.45) is 2.64. The lowest BCUT2D eigenvalue weighted by Gasteiger charge is -2.32. The number of carbonyl (C=O) groups excluding carboxylic acids is 2. The van der Waals surface area contributed by atoms with Crippen LogP contribution in [0.15, 0.2) is 84.9 Å². The lowest BCUT2D eigenvalue weighted by atomic mass is 10.0. The first-order valence-corrected chi connectivity index (χ1v) is 15.7. The number of halogens is 1. The van der Waals surface area contributed by atoms with Crippen molar-refractivity contribution in [1.29, 1.82) is 0 Å². The van der Waals surface area contributed by atoms with Gasteiger partial charge in [0.2, 0.25) is 21.8 Å². The van der Waals surface area contributed by atoms with Crippen LogP contribution in [0.2, 0.25) is 5.02 Å². The SMILES string of the molecule is CC[C@@H](C)NC(=O)[C@H](Cc1ccccc1)N(Cc1ccc(Cl)cc1)C(=O)CCCN(c1ccccc1)S(C)(=O)=O. The number of hydrogen-bond donors (Lipinski definition) is 1. The van der Waals surface area contributed by atoms with Crippen LogP contribution in [0.25, 0.3) is 0 Å². The molecule has 0 heterocycles. The van der Waals surface area contributed by atoms with Crippen molar-refractivity contribution in [2.45, 2.75) is 58.2 Å². The van der Waals surface area contributed by atoms with Crippen LogP contribution in [0.5, 0.6) is 0 Å². The Morgan fingerprint density at radius 2 is 1.50 bits per heavy atom. The lowest BCUT2D eigenvalue weighted by Crippen LogP contribution is -2.52. The van der Waals surface area contributed by atoms with E-state index < -0.39 is 16.1 Å². The van der Waals surface area contributed by atoms with Crippen LogP contribution in [-0.4, -0.2) is 50.0 Å². The van der Waals surface area contributed by atoms with Crippen LogP contribution >= 0.6 is 11.6 Å². The minimum Gasteiger partial charge on any atom is -0.352 e. The van der Waals surface area contributed by atoms with E-state index >= 15 is 0 Å². The molecule has 1 N–H and O–H groups in total. The van der Waals surface area contributed by atoms with Gasteiger partial charge in [0.05, 0.1) is 11.9 Å². The molecule has 0 saturated carbocycles. The molecule has 0 aliphatic carbocycles. The van der Waals surface area contributed by atoms with Gasteiger partial charge in [0.15, 0.2) is 0 Å². The summed E-state index contributed by atoms with van der Waals surface area (Å²) in [5, 5.41) is 3.64. The average molecular weight is 584 g/mol. The topological polar surface area (TPSA) is 86.8 Å². The zero-order valence-corrected chi connectivity index (χ0v) is 24.9. The molecule has 2 amide bonds. The molecule has 40 heavy (non-hydrogen) atoms. The second-order valence-corrected chi connectivity index (χ2v) is 12.3. The van der Waals surface area contributed by atoms with E-state index in [1.54, 1.807) is 41.3 Å². The molecule has 3 rings (SSSR count). The van der Waals surface area contributed by atoms with Gasteiger partial charge in [-0.05, 0) is 55.2 Å². The number of benzene rings is 3. The van der Waals surface area contributed by atoms with Gasteiger partial charge in [-0.15, -0.1) is 0 Å². The number of para-hydroxylation sites is 1. The fourth-order valence-electron chi connectivity index (χ4n) is 4.38. The Bertz CT molecular complexity index is 1340. The predicted molar refractivity (Wildman–Crippen MR) is 162 cm³/mol. The van der Waals surface area contributed by atoms with Crippen molar-refractivity contribution in [2.24, 2.45) is 0 Å². The molecular formula is C31H38ClN3O4S. The van der Waals surface area contributed by atoms with Gasteiger partial charge in [0.25, 0.3) is 0 Å². The summed E-state index contributed by atoms with van der Waals surface area (Å²) in [5.41, 5.74) is 2.33. The van der Waals surface area contributed by atoms with Crippen LogP contribution < -0.4 is 9.62 Å². The van der Waals surface area contributed by atoms with E-state index in [0.717, 1.165) is 23.8 Å². The number of carbonyl (C=O) groups is 2. The largest absolute Gasteiger partial charge is 0.352 e. The third kappa shape index (κ3) is 9.38. The number of rotatable bonds is 14. The molecule has 3 aromatic rings. The molecule has 0 spiro atoms. The third-order valence-corrected chi connectivity index (χ3v) is 8.18. The average Bonchev–Trinajstić information content (AvgIpc) is 2.94. The highest BCUT2D eigenvalue weighted by atomic mass is 35.5. The number of hydrogen-bond acceptors (Lipinski definition) is 4. The summed E-state index contributed by atoms with van der Waals surface area (Å²) in [6, 6.07) is 24.8. The zero-order valence-electron chi connectivity index (χ0n) is 23.3. The van der Waals surface area contributed by atoms with E-state index in [1.165, 1.54) is 4.31 Å². The standard InChI is InChI=1S/C31H38ClN3O4S/c1-4-24(2)33-31(37)29(22-25-12-7-5-8-13-25)34(23-26-17-19-27(32)20-18-26)30(36)16-11-21-35(40(3,38)39)28-14-9-6-10-15-28/h5-10,12-15,17-20,24,29H,4,11,16,21-23H2,1-3H3,(H,33,37)/t24-,29+/m1/s1. The summed E-state index contributed by atoms with van der Waals surface area (Å²) in [4.78, 5) is 29.0. The molecule has 0 aliphatic rings. The molecule has 0 fully saturated rings. The highest BCUT2D eigenvalue weighted by Gasteiger charge is 2.31. The van der Waals surface area contributed by atoms with Gasteiger partial charge in [0, 0.05) is 37.0 Å². The van der Waals surface area contributed by atoms with Gasteiger partial charge >= 0.3 is 0 Å². The van der Waals surface area contributed by atoms with Gasteiger partial charge in [-0.2, -0.15) is 0 Å². The van der Waals surface area contributed by atoms with E-state index in [1.807, 2.05) is 62.4 Å². The van der Waals surface area contributed by atoms with Gasteiger partial charge in [-0.1, -0.05) is 79.2 Å². The van der Waals surface area contributed by atoms with Crippen molar-refractivity contribution >= 4 is 39.1 Å². The Morgan fingerprint density at radius 1 is 0.900 bits per heavy atom. The number of nitrogens with one attached hydrogen (secondary N) is 1. The Labute approximate surface area is 243 Å². The molecule has 3 aromatic carbocycles. The summed E-state index contributed by atoms with van der Waals surface area (Å²) in [6.45, 7) is 4.29. The van der Waals surface area contributed by atoms with Crippen LogP contribution in [0, 0.1) is 0 Å². The summed E-state index contributed by atoms with van der Waals surface area (Å²) >= 11 is 6.09. The van der Waals surface area contributed by atoms with Gasteiger partial charge in [-0.25, -0.2) is 8.42 Å². The van der Waals surface area contributed by atoms with Crippen molar-refractivity contribution in [1.82, 2.24) is 10.2 Å². The molecule has 9 heteroatoms. The smallest absolute Gasteiger partial charge is 0.243 e. The monoisotopic (exact) mass is 583 g/mol. The molecule has 0 aromatic heterocycles. The van der Waals surface area contributed by atoms with E-state index in [4.69, 9.17) is 11.6 Å². The number of anilines is 1. The third-order valence-electron chi connectivity index (χ3n) is 6.73. The Kier molecular flexibility index (Phi) is 11.6. The molecule has 0 saturated heterocycles. The van der Waals surface area contributed by atoms with Crippen molar-refractivity contribution in [3.8, 4) is 0 Å². The maximum atomic E-state index is 13.8. The first-order chi connectivity index (χ1) is 19.1. The number of sulfonamides is 1. The van der Waals surface area contributed by atoms with Crippen LogP contribution in [0.1, 0.15) is 44.2 Å². The highest BCUT2D eigenvalue weighted by molar-refractivity contribution is 7.92. The number of amides is 2. The van der Waals surface area contributed by atoms with Crippen molar-refractivity contribution in [2.75, 3.05) is 17.1 Å². The van der Waals surface area contributed by atoms with Crippen LogP contribution in [0.3, 0.4) is 0 Å².